The Balaban J connectivity index is 1.62. The van der Waals surface area contributed by atoms with Gasteiger partial charge in [-0.05, 0) is 54.8 Å². The van der Waals surface area contributed by atoms with Crippen molar-refractivity contribution in [3.8, 4) is 10.4 Å². The van der Waals surface area contributed by atoms with Gasteiger partial charge >= 0.3 is 5.97 Å². The van der Waals surface area contributed by atoms with Crippen molar-refractivity contribution in [2.45, 2.75) is 25.7 Å². The van der Waals surface area contributed by atoms with E-state index in [4.69, 9.17) is 5.11 Å². The van der Waals surface area contributed by atoms with E-state index in [1.54, 1.807) is 11.3 Å². The molecule has 0 aliphatic heterocycles. The van der Waals surface area contributed by atoms with E-state index in [1.807, 2.05) is 35.7 Å². The molecule has 1 aliphatic rings. The largest absolute Gasteiger partial charge is 0.481 e. The smallest absolute Gasteiger partial charge is 0.306 e. The zero-order chi connectivity index (χ0) is 16.2. The van der Waals surface area contributed by atoms with Gasteiger partial charge in [0.2, 0.25) is 5.91 Å². The number of amides is 1. The van der Waals surface area contributed by atoms with Crippen molar-refractivity contribution in [2.75, 3.05) is 5.32 Å². The summed E-state index contributed by atoms with van der Waals surface area (Å²) in [5.41, 5.74) is 1.88. The quantitative estimate of drug-likeness (QED) is 0.881. The molecule has 0 unspecified atom stereocenters. The molecule has 1 aliphatic carbocycles. The molecule has 23 heavy (non-hydrogen) atoms. The van der Waals surface area contributed by atoms with Gasteiger partial charge in [0, 0.05) is 16.5 Å². The number of rotatable bonds is 4. The van der Waals surface area contributed by atoms with E-state index in [9.17, 15) is 9.59 Å². The number of carboxylic acids is 1. The third-order valence-electron chi connectivity index (χ3n) is 4.38. The maximum atomic E-state index is 12.4. The topological polar surface area (TPSA) is 66.4 Å². The minimum Gasteiger partial charge on any atom is -0.481 e. The fourth-order valence-electron chi connectivity index (χ4n) is 3.04. The lowest BCUT2D eigenvalue weighted by Crippen LogP contribution is -2.29. The summed E-state index contributed by atoms with van der Waals surface area (Å²) in [7, 11) is 0. The van der Waals surface area contributed by atoms with Gasteiger partial charge in [-0.1, -0.05) is 18.2 Å². The van der Waals surface area contributed by atoms with Crippen molar-refractivity contribution < 1.29 is 14.7 Å². The predicted molar refractivity (Wildman–Crippen MR) is 91.5 cm³/mol. The first-order chi connectivity index (χ1) is 11.1. The van der Waals surface area contributed by atoms with Gasteiger partial charge in [-0.2, -0.15) is 0 Å². The van der Waals surface area contributed by atoms with Gasteiger partial charge in [0.1, 0.15) is 0 Å². The molecule has 0 spiro atoms. The van der Waals surface area contributed by atoms with Crippen LogP contribution in [-0.2, 0) is 9.59 Å². The summed E-state index contributed by atoms with van der Waals surface area (Å²) in [4.78, 5) is 24.5. The number of carboxylic acid groups (broad SMARTS) is 1. The molecular formula is C18H19NO3S. The van der Waals surface area contributed by atoms with Crippen LogP contribution in [0.3, 0.4) is 0 Å². The first-order valence-corrected chi connectivity index (χ1v) is 8.69. The molecule has 0 bridgehead atoms. The summed E-state index contributed by atoms with van der Waals surface area (Å²) in [5, 5.41) is 14.0. The Morgan fingerprint density at radius 3 is 2.43 bits per heavy atom. The SMILES string of the molecule is O=C(O)C1CCC(C(=O)Nc2cccc(-c3cccs3)c2)CC1. The molecule has 1 heterocycles. The molecule has 5 heteroatoms. The standard InChI is InChI=1S/C18H19NO3S/c20-17(12-6-8-13(9-7-12)18(21)22)19-15-4-1-3-14(11-15)16-5-2-10-23-16/h1-5,10-13H,6-9H2,(H,19,20)(H,21,22). The first kappa shape index (κ1) is 15.7. The van der Waals surface area contributed by atoms with Crippen LogP contribution in [0.4, 0.5) is 5.69 Å². The summed E-state index contributed by atoms with van der Waals surface area (Å²) >= 11 is 1.67. The van der Waals surface area contributed by atoms with Gasteiger partial charge in [-0.3, -0.25) is 9.59 Å². The lowest BCUT2D eigenvalue weighted by atomic mass is 9.81. The lowest BCUT2D eigenvalue weighted by Gasteiger charge is -2.25. The third kappa shape index (κ3) is 3.79. The minimum absolute atomic E-state index is 0.00262. The van der Waals surface area contributed by atoms with Gasteiger partial charge in [-0.15, -0.1) is 11.3 Å². The Bertz CT molecular complexity index is 688. The number of carbonyl (C=O) groups excluding carboxylic acids is 1. The van der Waals surface area contributed by atoms with Crippen LogP contribution in [0.5, 0.6) is 0 Å². The average molecular weight is 329 g/mol. The summed E-state index contributed by atoms with van der Waals surface area (Å²) in [6.07, 6.45) is 2.46. The number of anilines is 1. The van der Waals surface area contributed by atoms with Gasteiger partial charge in [0.05, 0.1) is 5.92 Å². The van der Waals surface area contributed by atoms with Crippen LogP contribution in [0.25, 0.3) is 10.4 Å². The summed E-state index contributed by atoms with van der Waals surface area (Å²) in [6, 6.07) is 11.9. The number of hydrogen-bond acceptors (Lipinski definition) is 3. The van der Waals surface area contributed by atoms with Crippen LogP contribution in [0.2, 0.25) is 0 Å². The highest BCUT2D eigenvalue weighted by atomic mass is 32.1. The molecule has 2 N–H and O–H groups in total. The second-order valence-electron chi connectivity index (χ2n) is 5.93. The molecule has 1 aromatic carbocycles. The molecule has 3 rings (SSSR count). The highest BCUT2D eigenvalue weighted by Crippen LogP contribution is 2.31. The van der Waals surface area contributed by atoms with Crippen molar-refractivity contribution in [1.29, 1.82) is 0 Å². The maximum absolute atomic E-state index is 12.4. The van der Waals surface area contributed by atoms with E-state index < -0.39 is 5.97 Å². The Morgan fingerprint density at radius 1 is 1.04 bits per heavy atom. The van der Waals surface area contributed by atoms with Crippen molar-refractivity contribution in [1.82, 2.24) is 0 Å². The Labute approximate surface area is 139 Å². The van der Waals surface area contributed by atoms with Crippen LogP contribution < -0.4 is 5.32 Å². The molecule has 0 radical (unpaired) electrons. The van der Waals surface area contributed by atoms with E-state index in [2.05, 4.69) is 11.4 Å². The van der Waals surface area contributed by atoms with E-state index in [0.29, 0.717) is 25.7 Å². The van der Waals surface area contributed by atoms with Crippen LogP contribution in [0.15, 0.2) is 41.8 Å². The fourth-order valence-corrected chi connectivity index (χ4v) is 3.76. The van der Waals surface area contributed by atoms with E-state index in [0.717, 1.165) is 11.3 Å². The number of nitrogens with one attached hydrogen (secondary N) is 1. The van der Waals surface area contributed by atoms with E-state index in [-0.39, 0.29) is 17.7 Å². The number of aliphatic carboxylic acids is 1. The van der Waals surface area contributed by atoms with Crippen molar-refractivity contribution in [3.05, 3.63) is 41.8 Å². The number of carbonyl (C=O) groups is 2. The van der Waals surface area contributed by atoms with Crippen LogP contribution in [0.1, 0.15) is 25.7 Å². The van der Waals surface area contributed by atoms with Crippen LogP contribution >= 0.6 is 11.3 Å². The Morgan fingerprint density at radius 2 is 1.78 bits per heavy atom. The van der Waals surface area contributed by atoms with E-state index >= 15 is 0 Å². The number of hydrogen-bond donors (Lipinski definition) is 2. The summed E-state index contributed by atoms with van der Waals surface area (Å²) < 4.78 is 0. The highest BCUT2D eigenvalue weighted by molar-refractivity contribution is 7.13. The molecule has 4 nitrogen and oxygen atoms in total. The zero-order valence-corrected chi connectivity index (χ0v) is 13.5. The molecule has 1 fully saturated rings. The van der Waals surface area contributed by atoms with Crippen molar-refractivity contribution in [2.24, 2.45) is 11.8 Å². The first-order valence-electron chi connectivity index (χ1n) is 7.81. The maximum Gasteiger partial charge on any atom is 0.306 e. The van der Waals surface area contributed by atoms with Gasteiger partial charge in [-0.25, -0.2) is 0 Å². The normalized spacial score (nSPS) is 20.9. The van der Waals surface area contributed by atoms with Crippen LogP contribution in [-0.4, -0.2) is 17.0 Å². The second kappa shape index (κ2) is 6.96. The predicted octanol–water partition coefficient (Wildman–Crippen LogP) is 4.24. The number of thiophene rings is 1. The monoisotopic (exact) mass is 329 g/mol. The van der Waals surface area contributed by atoms with Gasteiger partial charge in [0.25, 0.3) is 0 Å². The average Bonchev–Trinajstić information content (AvgIpc) is 3.10. The second-order valence-corrected chi connectivity index (χ2v) is 6.88. The number of benzene rings is 1. The molecule has 120 valence electrons. The summed E-state index contributed by atoms with van der Waals surface area (Å²) in [6.45, 7) is 0. The van der Waals surface area contributed by atoms with E-state index in [1.165, 1.54) is 4.88 Å². The third-order valence-corrected chi connectivity index (χ3v) is 5.30. The molecule has 0 atom stereocenters. The molecule has 0 saturated heterocycles. The Kier molecular flexibility index (Phi) is 4.76. The molecule has 2 aromatic rings. The van der Waals surface area contributed by atoms with Gasteiger partial charge in [0.15, 0.2) is 0 Å². The molecule has 1 saturated carbocycles. The Hall–Kier alpha value is -2.14. The molecular weight excluding hydrogens is 310 g/mol. The van der Waals surface area contributed by atoms with Gasteiger partial charge < -0.3 is 10.4 Å². The zero-order valence-electron chi connectivity index (χ0n) is 12.7. The highest BCUT2D eigenvalue weighted by Gasteiger charge is 2.29. The minimum atomic E-state index is -0.743. The van der Waals surface area contributed by atoms with Crippen molar-refractivity contribution in [3.63, 3.8) is 0 Å². The summed E-state index contributed by atoms with van der Waals surface area (Å²) in [5.74, 6) is -1.12. The van der Waals surface area contributed by atoms with Crippen LogP contribution in [0, 0.1) is 11.8 Å². The lowest BCUT2D eigenvalue weighted by molar-refractivity contribution is -0.143. The fraction of sp³-hybridized carbons (Fsp3) is 0.333. The molecule has 1 aromatic heterocycles. The molecule has 1 amide bonds. The van der Waals surface area contributed by atoms with Crippen molar-refractivity contribution >= 4 is 28.9 Å².